The second-order valence-electron chi connectivity index (χ2n) is 4.70. The molecule has 1 N–H and O–H groups in total. The Morgan fingerprint density at radius 1 is 1.35 bits per heavy atom. The van der Waals surface area contributed by atoms with Gasteiger partial charge in [0.05, 0.1) is 23.1 Å². The van der Waals surface area contributed by atoms with Gasteiger partial charge < -0.3 is 5.11 Å². The third-order valence-corrected chi connectivity index (χ3v) is 4.19. The smallest absolute Gasteiger partial charge is 0.303 e. The van der Waals surface area contributed by atoms with Crippen molar-refractivity contribution in [1.29, 1.82) is 0 Å². The van der Waals surface area contributed by atoms with Crippen LogP contribution in [0.1, 0.15) is 25.6 Å². The van der Waals surface area contributed by atoms with Gasteiger partial charge in [0.1, 0.15) is 0 Å². The van der Waals surface area contributed by atoms with Gasteiger partial charge in [-0.15, -0.1) is 0 Å². The van der Waals surface area contributed by atoms with Crippen molar-refractivity contribution in [2.75, 3.05) is 0 Å². The molecule has 108 valence electrons. The molecule has 0 radical (unpaired) electrons. The highest BCUT2D eigenvalue weighted by atomic mass is 35.5. The molecule has 0 fully saturated rings. The van der Waals surface area contributed by atoms with Crippen molar-refractivity contribution < 1.29 is 14.5 Å². The molecule has 1 heterocycles. The predicted octanol–water partition coefficient (Wildman–Crippen LogP) is 3.43. The predicted molar refractivity (Wildman–Crippen MR) is 79.4 cm³/mol. The van der Waals surface area contributed by atoms with E-state index in [1.54, 1.807) is 0 Å². The number of benzene rings is 1. The first-order valence-corrected chi connectivity index (χ1v) is 7.30. The molecule has 0 atom stereocenters. The molecule has 0 aliphatic heterocycles. The summed E-state index contributed by atoms with van der Waals surface area (Å²) in [5.74, 6) is 0.301. The van der Waals surface area contributed by atoms with E-state index in [0.29, 0.717) is 23.0 Å². The lowest BCUT2D eigenvalue weighted by Crippen LogP contribution is -2.36. The normalized spacial score (nSPS) is 11.2. The van der Waals surface area contributed by atoms with Crippen LogP contribution in [-0.4, -0.2) is 15.6 Å². The number of hydrogen-bond donors (Lipinski definition) is 1. The van der Waals surface area contributed by atoms with E-state index in [1.807, 2.05) is 19.1 Å². The standard InChI is InChI=1S/C14H16Cl2N2O2/c1-3-17-9(2)18(6-4-5-14(19)20)13-8-11(16)10(15)7-12(13)17/h7-8H,3-6H2,1-2H3/p+1. The summed E-state index contributed by atoms with van der Waals surface area (Å²) < 4.78 is 4.25. The van der Waals surface area contributed by atoms with Crippen LogP contribution in [0.3, 0.4) is 0 Å². The maximum absolute atomic E-state index is 10.6. The summed E-state index contributed by atoms with van der Waals surface area (Å²) in [5, 5.41) is 9.80. The molecule has 2 rings (SSSR count). The third-order valence-electron chi connectivity index (χ3n) is 3.47. The van der Waals surface area contributed by atoms with Gasteiger partial charge in [0.25, 0.3) is 5.82 Å². The summed E-state index contributed by atoms with van der Waals surface area (Å²) >= 11 is 12.2. The lowest BCUT2D eigenvalue weighted by atomic mass is 10.3. The van der Waals surface area contributed by atoms with Crippen molar-refractivity contribution in [1.82, 2.24) is 4.57 Å². The van der Waals surface area contributed by atoms with Crippen molar-refractivity contribution in [3.05, 3.63) is 28.0 Å². The quantitative estimate of drug-likeness (QED) is 0.859. The molecule has 0 unspecified atom stereocenters. The van der Waals surface area contributed by atoms with Crippen molar-refractivity contribution in [3.8, 4) is 0 Å². The van der Waals surface area contributed by atoms with E-state index in [1.165, 1.54) is 0 Å². The van der Waals surface area contributed by atoms with Gasteiger partial charge in [-0.25, -0.2) is 9.13 Å². The molecule has 0 amide bonds. The van der Waals surface area contributed by atoms with Gasteiger partial charge in [-0.2, -0.15) is 0 Å². The summed E-state index contributed by atoms with van der Waals surface area (Å²) in [6.07, 6.45) is 0.747. The minimum atomic E-state index is -0.774. The van der Waals surface area contributed by atoms with E-state index in [-0.39, 0.29) is 6.42 Å². The molecule has 2 aromatic rings. The molecule has 6 heteroatoms. The summed E-state index contributed by atoms with van der Waals surface area (Å²) in [6, 6.07) is 3.71. The molecule has 20 heavy (non-hydrogen) atoms. The molecule has 0 spiro atoms. The maximum atomic E-state index is 10.6. The first-order chi connectivity index (χ1) is 9.45. The number of carboxylic acids is 1. The Bertz CT molecular complexity index is 665. The molecule has 0 saturated heterocycles. The molecule has 1 aromatic heterocycles. The van der Waals surface area contributed by atoms with E-state index in [4.69, 9.17) is 28.3 Å². The Morgan fingerprint density at radius 2 is 2.00 bits per heavy atom. The zero-order chi connectivity index (χ0) is 14.9. The number of carboxylic acid groups (broad SMARTS) is 1. The van der Waals surface area contributed by atoms with Gasteiger partial charge in [0.2, 0.25) is 0 Å². The van der Waals surface area contributed by atoms with Gasteiger partial charge in [0.15, 0.2) is 11.0 Å². The van der Waals surface area contributed by atoms with Crippen LogP contribution in [0.4, 0.5) is 0 Å². The zero-order valence-corrected chi connectivity index (χ0v) is 13.0. The molecular weight excluding hydrogens is 299 g/mol. The number of nitrogens with zero attached hydrogens (tertiary/aromatic N) is 2. The van der Waals surface area contributed by atoms with E-state index in [0.717, 1.165) is 23.4 Å². The number of hydrogen-bond acceptors (Lipinski definition) is 1. The third kappa shape index (κ3) is 2.76. The Balaban J connectivity index is 2.49. The number of fused-ring (bicyclic) bond motifs is 1. The Labute approximate surface area is 127 Å². The molecule has 1 aromatic carbocycles. The van der Waals surface area contributed by atoms with Crippen LogP contribution in [-0.2, 0) is 17.9 Å². The number of aromatic nitrogens is 2. The van der Waals surface area contributed by atoms with Gasteiger partial charge >= 0.3 is 5.97 Å². The van der Waals surface area contributed by atoms with Crippen molar-refractivity contribution in [2.24, 2.45) is 0 Å². The molecule has 0 aliphatic carbocycles. The van der Waals surface area contributed by atoms with E-state index < -0.39 is 5.97 Å². The number of imidazole rings is 1. The van der Waals surface area contributed by atoms with Gasteiger partial charge in [-0.3, -0.25) is 4.79 Å². The second kappa shape index (κ2) is 6.02. The van der Waals surface area contributed by atoms with Crippen LogP contribution in [0.5, 0.6) is 0 Å². The first-order valence-electron chi connectivity index (χ1n) is 6.55. The molecular formula is C14H17Cl2N2O2+. The fourth-order valence-corrected chi connectivity index (χ4v) is 2.84. The van der Waals surface area contributed by atoms with Crippen molar-refractivity contribution in [3.63, 3.8) is 0 Å². The van der Waals surface area contributed by atoms with E-state index >= 15 is 0 Å². The molecule has 0 saturated carbocycles. The van der Waals surface area contributed by atoms with Crippen LogP contribution in [0.2, 0.25) is 10.0 Å². The largest absolute Gasteiger partial charge is 0.481 e. The Morgan fingerprint density at radius 3 is 2.60 bits per heavy atom. The number of aliphatic carboxylic acids is 1. The number of carbonyl (C=O) groups is 1. The van der Waals surface area contributed by atoms with Crippen LogP contribution >= 0.6 is 23.2 Å². The number of halogens is 2. The monoisotopic (exact) mass is 315 g/mol. The highest BCUT2D eigenvalue weighted by Gasteiger charge is 2.22. The van der Waals surface area contributed by atoms with Crippen LogP contribution in [0.15, 0.2) is 12.1 Å². The summed E-state index contributed by atoms with van der Waals surface area (Å²) in [7, 11) is 0. The van der Waals surface area contributed by atoms with Gasteiger partial charge in [0, 0.05) is 25.5 Å². The van der Waals surface area contributed by atoms with Crippen molar-refractivity contribution >= 4 is 40.2 Å². The van der Waals surface area contributed by atoms with Crippen molar-refractivity contribution in [2.45, 2.75) is 39.8 Å². The van der Waals surface area contributed by atoms with E-state index in [2.05, 4.69) is 16.1 Å². The van der Waals surface area contributed by atoms with Gasteiger partial charge in [-0.05, 0) is 13.3 Å². The molecule has 0 aliphatic rings. The van der Waals surface area contributed by atoms with Crippen LogP contribution in [0, 0.1) is 6.92 Å². The average molecular weight is 316 g/mol. The Kier molecular flexibility index (Phi) is 4.55. The highest BCUT2D eigenvalue weighted by Crippen LogP contribution is 2.27. The van der Waals surface area contributed by atoms with E-state index in [9.17, 15) is 4.79 Å². The lowest BCUT2D eigenvalue weighted by Gasteiger charge is -1.99. The topological polar surface area (TPSA) is 46.1 Å². The fourth-order valence-electron chi connectivity index (χ4n) is 2.52. The zero-order valence-electron chi connectivity index (χ0n) is 11.5. The fraction of sp³-hybridized carbons (Fsp3) is 0.429. The average Bonchev–Trinajstić information content (AvgIpc) is 2.62. The van der Waals surface area contributed by atoms with Gasteiger partial charge in [-0.1, -0.05) is 23.2 Å². The summed E-state index contributed by atoms with van der Waals surface area (Å²) in [6.45, 7) is 5.56. The summed E-state index contributed by atoms with van der Waals surface area (Å²) in [5.41, 5.74) is 2.01. The minimum absolute atomic E-state index is 0.159. The van der Waals surface area contributed by atoms with Crippen LogP contribution < -0.4 is 4.57 Å². The highest BCUT2D eigenvalue weighted by molar-refractivity contribution is 6.42. The summed E-state index contributed by atoms with van der Waals surface area (Å²) in [4.78, 5) is 10.6. The Hall–Kier alpha value is -1.26. The minimum Gasteiger partial charge on any atom is -0.481 e. The first kappa shape index (κ1) is 15.1. The number of aryl methyl sites for hydroxylation is 2. The maximum Gasteiger partial charge on any atom is 0.303 e. The molecule has 4 nitrogen and oxygen atoms in total. The second-order valence-corrected chi connectivity index (χ2v) is 5.51. The number of rotatable bonds is 5. The lowest BCUT2D eigenvalue weighted by molar-refractivity contribution is -0.678. The van der Waals surface area contributed by atoms with Crippen LogP contribution in [0.25, 0.3) is 11.0 Å². The molecule has 0 bridgehead atoms. The SMILES string of the molecule is CCn1c(C)[n+](CCCC(=O)O)c2cc(Cl)c(Cl)cc21.